The number of nitrogens with one attached hydrogen (secondary N) is 1. The van der Waals surface area contributed by atoms with Crippen molar-refractivity contribution in [2.75, 3.05) is 23.4 Å². The molecular formula is C25H25N5O4. The van der Waals surface area contributed by atoms with Crippen LogP contribution < -0.4 is 10.2 Å². The minimum atomic E-state index is -1.24. The maximum absolute atomic E-state index is 11.8. The number of rotatable bonds is 5. The number of ether oxygens (including phenoxy) is 1. The van der Waals surface area contributed by atoms with Crippen molar-refractivity contribution in [2.24, 2.45) is 0 Å². The number of anilines is 2. The number of hydrogen-bond acceptors (Lipinski definition) is 7. The summed E-state index contributed by atoms with van der Waals surface area (Å²) in [6.07, 6.45) is -0.441. The van der Waals surface area contributed by atoms with Gasteiger partial charge in [-0.1, -0.05) is 35.9 Å². The van der Waals surface area contributed by atoms with Gasteiger partial charge in [0.25, 0.3) is 0 Å². The van der Waals surface area contributed by atoms with Gasteiger partial charge in [-0.25, -0.2) is 19.6 Å². The second-order valence-corrected chi connectivity index (χ2v) is 7.72. The molecular weight excluding hydrogens is 434 g/mol. The molecule has 1 aliphatic rings. The molecule has 1 aliphatic heterocycles. The van der Waals surface area contributed by atoms with Crippen molar-refractivity contribution in [1.29, 1.82) is 5.26 Å². The normalized spacial score (nSPS) is 13.2. The van der Waals surface area contributed by atoms with Crippen molar-refractivity contribution in [2.45, 2.75) is 26.8 Å². The van der Waals surface area contributed by atoms with E-state index in [0.29, 0.717) is 24.7 Å². The summed E-state index contributed by atoms with van der Waals surface area (Å²) in [5.41, 5.74) is 2.91. The number of cyclic esters (lactones) is 1. The third kappa shape index (κ3) is 6.07. The first-order valence-corrected chi connectivity index (χ1v) is 10.6. The van der Waals surface area contributed by atoms with E-state index in [1.54, 1.807) is 6.07 Å². The number of aryl methyl sites for hydroxylation is 2. The number of nitrogens with zero attached hydrogens (tertiary/aromatic N) is 4. The number of carboxylic acid groups (broad SMARTS) is 1. The molecule has 0 aliphatic carbocycles. The fourth-order valence-electron chi connectivity index (χ4n) is 3.28. The molecule has 3 aromatic rings. The quantitative estimate of drug-likeness (QED) is 0.571. The smallest absolute Gasteiger partial charge is 0.415 e. The van der Waals surface area contributed by atoms with Gasteiger partial charge in [-0.15, -0.1) is 0 Å². The molecule has 34 heavy (non-hydrogen) atoms. The Kier molecular flexibility index (Phi) is 7.77. The average Bonchev–Trinajstić information content (AvgIpc) is 3.25. The van der Waals surface area contributed by atoms with E-state index >= 15 is 0 Å². The van der Waals surface area contributed by atoms with E-state index in [-0.39, 0.29) is 23.1 Å². The number of nitriles is 1. The van der Waals surface area contributed by atoms with Crippen molar-refractivity contribution >= 4 is 23.6 Å². The Morgan fingerprint density at radius 1 is 1.15 bits per heavy atom. The molecule has 0 bridgehead atoms. The second kappa shape index (κ2) is 10.9. The summed E-state index contributed by atoms with van der Waals surface area (Å²) < 4.78 is 4.95. The SMILES string of the molecule is Cc1cc(C(C)Nc2ccc(C#N)nc2C(=O)O)nc(N2CCOC2=O)c1.Cc1ccccc1. The van der Waals surface area contributed by atoms with Crippen LogP contribution in [0.3, 0.4) is 0 Å². The van der Waals surface area contributed by atoms with E-state index in [9.17, 15) is 14.7 Å². The number of aromatic nitrogens is 2. The van der Waals surface area contributed by atoms with E-state index < -0.39 is 12.1 Å². The number of carbonyl (C=O) groups is 2. The van der Waals surface area contributed by atoms with Crippen molar-refractivity contribution < 1.29 is 19.4 Å². The Labute approximate surface area is 197 Å². The molecule has 2 aromatic heterocycles. The lowest BCUT2D eigenvalue weighted by atomic mass is 10.1. The first kappa shape index (κ1) is 24.2. The summed E-state index contributed by atoms with van der Waals surface area (Å²) in [5, 5.41) is 21.3. The molecule has 1 atom stereocenters. The van der Waals surface area contributed by atoms with Crippen molar-refractivity contribution in [3.63, 3.8) is 0 Å². The van der Waals surface area contributed by atoms with Gasteiger partial charge in [-0.05, 0) is 50.6 Å². The highest BCUT2D eigenvalue weighted by molar-refractivity contribution is 5.92. The Morgan fingerprint density at radius 2 is 1.88 bits per heavy atom. The zero-order valence-electron chi connectivity index (χ0n) is 19.1. The van der Waals surface area contributed by atoms with Crippen LogP contribution in [0.2, 0.25) is 0 Å². The van der Waals surface area contributed by atoms with Crippen LogP contribution in [-0.4, -0.2) is 40.3 Å². The molecule has 0 radical (unpaired) electrons. The monoisotopic (exact) mass is 459 g/mol. The molecule has 0 saturated carbocycles. The minimum absolute atomic E-state index is 0.0223. The molecule has 1 fully saturated rings. The standard InChI is InChI=1S/C18H17N5O4.C7H8/c1-10-7-14(22-15(8-10)23-5-6-27-18(23)26)11(2)20-13-4-3-12(9-19)21-16(13)17(24)25;1-7-5-3-2-4-6-7/h3-4,7-8,11,20H,5-6H2,1-2H3,(H,24,25);2-6H,1H3. The zero-order valence-corrected chi connectivity index (χ0v) is 19.1. The van der Waals surface area contributed by atoms with Gasteiger partial charge < -0.3 is 15.2 Å². The first-order chi connectivity index (χ1) is 16.3. The number of aromatic carboxylic acids is 1. The van der Waals surface area contributed by atoms with E-state index in [1.807, 2.05) is 44.2 Å². The highest BCUT2D eigenvalue weighted by Gasteiger charge is 2.26. The lowest BCUT2D eigenvalue weighted by Crippen LogP contribution is -2.25. The summed E-state index contributed by atoms with van der Waals surface area (Å²) in [7, 11) is 0. The summed E-state index contributed by atoms with van der Waals surface area (Å²) in [4.78, 5) is 33.0. The van der Waals surface area contributed by atoms with Crippen molar-refractivity contribution in [1.82, 2.24) is 9.97 Å². The van der Waals surface area contributed by atoms with Gasteiger partial charge in [-0.3, -0.25) is 4.90 Å². The van der Waals surface area contributed by atoms with Gasteiger partial charge in [0.2, 0.25) is 0 Å². The van der Waals surface area contributed by atoms with E-state index in [1.165, 1.54) is 22.6 Å². The number of benzene rings is 1. The number of carboxylic acids is 1. The van der Waals surface area contributed by atoms with Crippen LogP contribution in [0.4, 0.5) is 16.3 Å². The average molecular weight is 460 g/mol. The second-order valence-electron chi connectivity index (χ2n) is 7.72. The minimum Gasteiger partial charge on any atom is -0.476 e. The van der Waals surface area contributed by atoms with Gasteiger partial charge in [0.1, 0.15) is 24.2 Å². The third-order valence-electron chi connectivity index (χ3n) is 4.98. The summed E-state index contributed by atoms with van der Waals surface area (Å²) in [6, 6.07) is 18.3. The van der Waals surface area contributed by atoms with Gasteiger partial charge in [-0.2, -0.15) is 5.26 Å². The lowest BCUT2D eigenvalue weighted by Gasteiger charge is -2.19. The maximum atomic E-state index is 11.8. The summed E-state index contributed by atoms with van der Waals surface area (Å²) in [5.74, 6) is -0.753. The number of amides is 1. The van der Waals surface area contributed by atoms with Crippen molar-refractivity contribution in [3.8, 4) is 6.07 Å². The Bertz CT molecular complexity index is 1220. The molecule has 1 amide bonds. The number of hydrogen-bond donors (Lipinski definition) is 2. The predicted octanol–water partition coefficient (Wildman–Crippen LogP) is 4.48. The highest BCUT2D eigenvalue weighted by Crippen LogP contribution is 2.25. The van der Waals surface area contributed by atoms with E-state index in [0.717, 1.165) is 5.56 Å². The topological polar surface area (TPSA) is 128 Å². The van der Waals surface area contributed by atoms with Gasteiger partial charge in [0.15, 0.2) is 5.69 Å². The number of carbonyl (C=O) groups excluding carboxylic acids is 1. The van der Waals surface area contributed by atoms with Crippen LogP contribution in [0, 0.1) is 25.2 Å². The van der Waals surface area contributed by atoms with Crippen molar-refractivity contribution in [3.05, 3.63) is 82.8 Å². The fraction of sp³-hybridized carbons (Fsp3) is 0.240. The molecule has 9 heteroatoms. The first-order valence-electron chi connectivity index (χ1n) is 10.6. The van der Waals surface area contributed by atoms with E-state index in [2.05, 4.69) is 34.3 Å². The summed E-state index contributed by atoms with van der Waals surface area (Å²) >= 11 is 0. The highest BCUT2D eigenvalue weighted by atomic mass is 16.6. The van der Waals surface area contributed by atoms with Crippen LogP contribution in [0.25, 0.3) is 0 Å². The Morgan fingerprint density at radius 3 is 2.44 bits per heavy atom. The lowest BCUT2D eigenvalue weighted by molar-refractivity contribution is 0.0691. The largest absolute Gasteiger partial charge is 0.476 e. The molecule has 3 heterocycles. The van der Waals surface area contributed by atoms with Crippen LogP contribution in [0.5, 0.6) is 0 Å². The molecule has 9 nitrogen and oxygen atoms in total. The van der Waals surface area contributed by atoms with Crippen LogP contribution in [0.1, 0.15) is 46.0 Å². The zero-order chi connectivity index (χ0) is 24.7. The predicted molar refractivity (Wildman–Crippen MR) is 127 cm³/mol. The molecule has 174 valence electrons. The van der Waals surface area contributed by atoms with Gasteiger partial charge >= 0.3 is 12.1 Å². The molecule has 1 saturated heterocycles. The third-order valence-corrected chi connectivity index (χ3v) is 4.98. The van der Waals surface area contributed by atoms with Crippen LogP contribution in [-0.2, 0) is 4.74 Å². The van der Waals surface area contributed by atoms with Gasteiger partial charge in [0, 0.05) is 0 Å². The Hall–Kier alpha value is -4.45. The molecule has 0 spiro atoms. The molecule has 4 rings (SSSR count). The molecule has 2 N–H and O–H groups in total. The maximum Gasteiger partial charge on any atom is 0.415 e. The van der Waals surface area contributed by atoms with Gasteiger partial charge in [0.05, 0.1) is 24.0 Å². The number of pyridine rings is 2. The van der Waals surface area contributed by atoms with Crippen LogP contribution >= 0.6 is 0 Å². The molecule has 1 aromatic carbocycles. The summed E-state index contributed by atoms with van der Waals surface area (Å²) in [6.45, 7) is 6.53. The molecule has 1 unspecified atom stereocenters. The van der Waals surface area contributed by atoms with E-state index in [4.69, 9.17) is 10.00 Å². The Balaban J connectivity index is 0.000000396. The fourth-order valence-corrected chi connectivity index (χ4v) is 3.28. The van der Waals surface area contributed by atoms with Crippen LogP contribution in [0.15, 0.2) is 54.6 Å².